The van der Waals surface area contributed by atoms with Gasteiger partial charge in [0.25, 0.3) is 0 Å². The molecule has 0 aliphatic rings. The van der Waals surface area contributed by atoms with Gasteiger partial charge in [0.15, 0.2) is 0 Å². The molecule has 0 heterocycles. The second kappa shape index (κ2) is 11.8. The fourth-order valence-corrected chi connectivity index (χ4v) is 0. The molecule has 0 aliphatic heterocycles. The van der Waals surface area contributed by atoms with Gasteiger partial charge in [-0.15, -0.1) is 0 Å². The van der Waals surface area contributed by atoms with Crippen molar-refractivity contribution in [1.82, 2.24) is 0 Å². The van der Waals surface area contributed by atoms with Crippen molar-refractivity contribution in [2.75, 3.05) is 0 Å². The first-order valence-electron chi connectivity index (χ1n) is 0.400. The topological polar surface area (TPSA) is 58.7 Å². The van der Waals surface area contributed by atoms with Crippen LogP contribution in [0.5, 0.6) is 0 Å². The molecule has 0 saturated heterocycles. The molecule has 0 fully saturated rings. The van der Waals surface area contributed by atoms with Crippen molar-refractivity contribution >= 4 is 0 Å². The zero-order chi connectivity index (χ0) is 2.71. The molecule has 0 aromatic rings. The number of rotatable bonds is 0. The Morgan fingerprint density at radius 2 is 1.25 bits per heavy atom. The molecule has 0 saturated carbocycles. The molecule has 3 nitrogen and oxygen atoms in total. The summed E-state index contributed by atoms with van der Waals surface area (Å²) in [5, 5.41) is 0. The van der Waals surface area contributed by atoms with Crippen LogP contribution in [0.1, 0.15) is 0 Å². The van der Waals surface area contributed by atoms with Crippen molar-refractivity contribution in [2.24, 2.45) is 0 Å². The van der Waals surface area contributed by atoms with Gasteiger partial charge in [0.05, 0.1) is 0 Å². The smallest absolute Gasteiger partial charge is 0 e. The molecule has 0 aliphatic carbocycles. The maximum Gasteiger partial charge on any atom is 0 e. The molecule has 0 aromatic carbocycles. The molecular weight excluding hydrogens is 89.9 g/mol. The van der Waals surface area contributed by atoms with Crippen LogP contribution in [-0.2, 0) is 21.7 Å². The van der Waals surface area contributed by atoms with E-state index in [1.54, 1.807) is 0 Å². The quantitative estimate of drug-likeness (QED) is 0.183. The number of hydrogen-bond donors (Lipinski definition) is 0. The minimum Gasteiger partial charge on any atom is -0.373 e. The monoisotopic (exact) mass is 90.0 g/mol. The third-order valence-electron chi connectivity index (χ3n) is 0. The Balaban J connectivity index is 0. The SMILES string of the molecule is [N-]=[N+]=[N-].[Ti]. The van der Waals surface area contributed by atoms with Gasteiger partial charge < -0.3 is 11.1 Å². The molecule has 4 heavy (non-hydrogen) atoms. The van der Waals surface area contributed by atoms with Crippen molar-refractivity contribution in [2.45, 2.75) is 0 Å². The van der Waals surface area contributed by atoms with E-state index in [1.807, 2.05) is 0 Å². The first-order valence-corrected chi connectivity index (χ1v) is 0.400. The third-order valence-corrected chi connectivity index (χ3v) is 0. The number of hydrogen-bond acceptors (Lipinski definition) is 0. The molecule has 0 amide bonds. The summed E-state index contributed by atoms with van der Waals surface area (Å²) in [6.07, 6.45) is 0. The van der Waals surface area contributed by atoms with Gasteiger partial charge >= 0.3 is 0 Å². The van der Waals surface area contributed by atoms with E-state index in [4.69, 9.17) is 11.1 Å². The zero-order valence-corrected chi connectivity index (χ0v) is 3.40. The molecule has 0 radical (unpaired) electrons. The molecule has 0 bridgehead atoms. The standard InChI is InChI=1S/N3.Ti/c1-3-2;/q-1;. The van der Waals surface area contributed by atoms with Crippen LogP contribution in [0, 0.1) is 0 Å². The Morgan fingerprint density at radius 3 is 1.25 bits per heavy atom. The Hall–Kier alpha value is 0.0243. The molecule has 0 spiro atoms. The normalized spacial score (nSPS) is 2.00. The predicted molar refractivity (Wildman–Crippen MR) is 10.1 cm³/mol. The molecule has 0 unspecified atom stereocenters. The summed E-state index contributed by atoms with van der Waals surface area (Å²) in [7, 11) is 0. The maximum absolute atomic E-state index is 6.75. The Bertz CT molecular complexity index is 24.3. The summed E-state index contributed by atoms with van der Waals surface area (Å²) in [6.45, 7) is 0. The second-order valence-electron chi connectivity index (χ2n) is 0.0894. The van der Waals surface area contributed by atoms with E-state index in [-0.39, 0.29) is 21.7 Å². The average molecular weight is 89.9 g/mol. The van der Waals surface area contributed by atoms with Crippen LogP contribution in [0.4, 0.5) is 0 Å². The van der Waals surface area contributed by atoms with Gasteiger partial charge in [-0.25, -0.2) is 0 Å². The average Bonchev–Trinajstić information content (AvgIpc) is 0.918. The van der Waals surface area contributed by atoms with Crippen LogP contribution in [-0.4, -0.2) is 0 Å². The molecule has 0 aromatic heterocycles. The predicted octanol–water partition coefficient (Wildman–Crippen LogP) is 0.864. The van der Waals surface area contributed by atoms with Crippen molar-refractivity contribution in [3.8, 4) is 0 Å². The van der Waals surface area contributed by atoms with Crippen molar-refractivity contribution < 1.29 is 21.7 Å². The van der Waals surface area contributed by atoms with Crippen LogP contribution < -0.4 is 0 Å². The summed E-state index contributed by atoms with van der Waals surface area (Å²) >= 11 is 0. The van der Waals surface area contributed by atoms with Gasteiger partial charge in [-0.1, -0.05) is 0 Å². The second-order valence-corrected chi connectivity index (χ2v) is 0.0894. The summed E-state index contributed by atoms with van der Waals surface area (Å²) in [5.41, 5.74) is 13.5. The van der Waals surface area contributed by atoms with Crippen LogP contribution >= 0.6 is 0 Å². The van der Waals surface area contributed by atoms with Crippen LogP contribution in [0.3, 0.4) is 0 Å². The fourth-order valence-electron chi connectivity index (χ4n) is 0. The van der Waals surface area contributed by atoms with Crippen molar-refractivity contribution in [3.05, 3.63) is 16.0 Å². The zero-order valence-electron chi connectivity index (χ0n) is 1.84. The summed E-state index contributed by atoms with van der Waals surface area (Å²) in [5.74, 6) is 0. The van der Waals surface area contributed by atoms with E-state index < -0.39 is 0 Å². The summed E-state index contributed by atoms with van der Waals surface area (Å²) in [6, 6.07) is 0. The van der Waals surface area contributed by atoms with E-state index in [9.17, 15) is 0 Å². The van der Waals surface area contributed by atoms with Crippen molar-refractivity contribution in [3.63, 3.8) is 0 Å². The van der Waals surface area contributed by atoms with Crippen LogP contribution in [0.25, 0.3) is 16.0 Å². The van der Waals surface area contributed by atoms with E-state index in [0.717, 1.165) is 0 Å². The molecule has 20 valence electrons. The van der Waals surface area contributed by atoms with E-state index in [2.05, 4.69) is 0 Å². The van der Waals surface area contributed by atoms with E-state index in [0.29, 0.717) is 0 Å². The molecule has 0 atom stereocenters. The fraction of sp³-hybridized carbons (Fsp3) is 0. The summed E-state index contributed by atoms with van der Waals surface area (Å²) < 4.78 is 0. The third kappa shape index (κ3) is 3600. The van der Waals surface area contributed by atoms with E-state index >= 15 is 0 Å². The van der Waals surface area contributed by atoms with Gasteiger partial charge in [0, 0.05) is 21.7 Å². The van der Waals surface area contributed by atoms with E-state index in [1.165, 1.54) is 4.91 Å². The molecule has 0 N–H and O–H groups in total. The Labute approximate surface area is 38.3 Å². The van der Waals surface area contributed by atoms with Crippen molar-refractivity contribution in [1.29, 1.82) is 0 Å². The maximum atomic E-state index is 6.75. The molecule has 0 rings (SSSR count). The first kappa shape index (κ1) is 8.98. The van der Waals surface area contributed by atoms with Crippen LogP contribution in [0.15, 0.2) is 0 Å². The molecule has 4 heteroatoms. The Kier molecular flexibility index (Phi) is 26.5. The first-order chi connectivity index (χ1) is 1.41. The largest absolute Gasteiger partial charge is 0.373 e. The minimum atomic E-state index is 0. The van der Waals surface area contributed by atoms with Gasteiger partial charge in [0.2, 0.25) is 0 Å². The summed E-state index contributed by atoms with van der Waals surface area (Å²) in [4.78, 5) is 1.50. The van der Waals surface area contributed by atoms with Crippen LogP contribution in [0.2, 0.25) is 0 Å². The molecular formula is N3Ti-. The van der Waals surface area contributed by atoms with Gasteiger partial charge in [-0.2, -0.15) is 0 Å². The van der Waals surface area contributed by atoms with Gasteiger partial charge in [-0.05, 0) is 0 Å². The van der Waals surface area contributed by atoms with Gasteiger partial charge in [0.1, 0.15) is 0 Å². The van der Waals surface area contributed by atoms with Gasteiger partial charge in [-0.3, -0.25) is 4.91 Å². The minimum absolute atomic E-state index is 0. The number of nitrogens with zero attached hydrogens (tertiary/aromatic N) is 3. The Morgan fingerprint density at radius 1 is 1.25 bits per heavy atom.